The molecule has 1 aliphatic heterocycles. The maximum absolute atomic E-state index is 12.6. The number of aliphatic imine (C=N–C) groups is 1. The van der Waals surface area contributed by atoms with E-state index in [2.05, 4.69) is 41.6 Å². The number of ether oxygens (including phenoxy) is 1. The zero-order valence-corrected chi connectivity index (χ0v) is 16.2. The number of guanidine groups is 1. The van der Waals surface area contributed by atoms with Gasteiger partial charge in [0.25, 0.3) is 5.91 Å². The molecule has 0 saturated carbocycles. The normalized spacial score (nSPS) is 17.0. The molecule has 1 saturated heterocycles. The van der Waals surface area contributed by atoms with Crippen LogP contribution in [0.1, 0.15) is 39.9 Å². The van der Waals surface area contributed by atoms with Gasteiger partial charge in [0.15, 0.2) is 0 Å². The summed E-state index contributed by atoms with van der Waals surface area (Å²) in [7, 11) is 0. The molecule has 5 nitrogen and oxygen atoms in total. The Morgan fingerprint density at radius 1 is 1.11 bits per heavy atom. The lowest BCUT2D eigenvalue weighted by atomic mass is 10.1. The van der Waals surface area contributed by atoms with Crippen LogP contribution in [0.25, 0.3) is 0 Å². The lowest BCUT2D eigenvalue weighted by Gasteiger charge is -2.14. The van der Waals surface area contributed by atoms with E-state index in [-0.39, 0.29) is 12.0 Å². The third kappa shape index (κ3) is 5.41. The van der Waals surface area contributed by atoms with Crippen LogP contribution in [0.2, 0.25) is 0 Å². The summed E-state index contributed by atoms with van der Waals surface area (Å²) in [5.41, 5.74) is 5.03. The van der Waals surface area contributed by atoms with Crippen molar-refractivity contribution in [2.75, 3.05) is 18.5 Å². The fraction of sp³-hybridized carbons (Fsp3) is 0.364. The quantitative estimate of drug-likeness (QED) is 0.636. The molecule has 0 aromatic heterocycles. The first kappa shape index (κ1) is 19.1. The molecular formula is C22H27N3O2. The first-order valence-corrected chi connectivity index (χ1v) is 9.39. The van der Waals surface area contributed by atoms with Gasteiger partial charge in [0.05, 0.1) is 12.6 Å². The Bertz CT molecular complexity index is 822. The summed E-state index contributed by atoms with van der Waals surface area (Å²) in [5, 5.41) is 6.15. The highest BCUT2D eigenvalue weighted by Gasteiger charge is 2.16. The van der Waals surface area contributed by atoms with Crippen LogP contribution in [0.15, 0.2) is 47.5 Å². The molecule has 2 N–H and O–H groups in total. The maximum Gasteiger partial charge on any atom is 0.257 e. The molecule has 5 heteroatoms. The first-order valence-electron chi connectivity index (χ1n) is 9.39. The maximum atomic E-state index is 12.6. The third-order valence-corrected chi connectivity index (χ3v) is 4.79. The molecule has 0 spiro atoms. The number of benzene rings is 2. The summed E-state index contributed by atoms with van der Waals surface area (Å²) in [5.74, 6) is 0.261. The van der Waals surface area contributed by atoms with Gasteiger partial charge in [0, 0.05) is 17.9 Å². The standard InChI is InChI=1S/C22H27N3O2/c1-15-6-9-18(10-7-15)21(26)25-22(23-14-20-5-4-12-27-20)24-19-11-8-16(2)17(3)13-19/h6-11,13,20H,4-5,12,14H2,1-3H3,(H2,23,24,25,26)/t20-/m1/s1. The monoisotopic (exact) mass is 365 g/mol. The lowest BCUT2D eigenvalue weighted by Crippen LogP contribution is -2.36. The second-order valence-electron chi connectivity index (χ2n) is 7.07. The number of amides is 1. The molecule has 1 fully saturated rings. The van der Waals surface area contributed by atoms with Crippen molar-refractivity contribution in [2.24, 2.45) is 4.99 Å². The van der Waals surface area contributed by atoms with Gasteiger partial charge in [-0.25, -0.2) is 4.99 Å². The molecule has 2 aromatic rings. The van der Waals surface area contributed by atoms with Crippen molar-refractivity contribution in [1.29, 1.82) is 0 Å². The highest BCUT2D eigenvalue weighted by molar-refractivity contribution is 6.10. The molecule has 2 aromatic carbocycles. The van der Waals surface area contributed by atoms with E-state index in [1.807, 2.05) is 37.3 Å². The molecule has 1 heterocycles. The molecule has 3 rings (SSSR count). The van der Waals surface area contributed by atoms with Crippen LogP contribution < -0.4 is 10.6 Å². The lowest BCUT2D eigenvalue weighted by molar-refractivity contribution is 0.0975. The van der Waals surface area contributed by atoms with Gasteiger partial charge in [-0.3, -0.25) is 10.1 Å². The molecule has 142 valence electrons. The fourth-order valence-corrected chi connectivity index (χ4v) is 2.93. The topological polar surface area (TPSA) is 62.7 Å². The molecule has 0 aliphatic carbocycles. The molecule has 1 aliphatic rings. The summed E-state index contributed by atoms with van der Waals surface area (Å²) < 4.78 is 5.64. The smallest absolute Gasteiger partial charge is 0.257 e. The van der Waals surface area contributed by atoms with E-state index >= 15 is 0 Å². The van der Waals surface area contributed by atoms with Crippen molar-refractivity contribution < 1.29 is 9.53 Å². The predicted molar refractivity (Wildman–Crippen MR) is 109 cm³/mol. The SMILES string of the molecule is Cc1ccc(C(=O)NC(=NC[C@H]2CCCO2)Nc2ccc(C)c(C)c2)cc1. The van der Waals surface area contributed by atoms with Gasteiger partial charge >= 0.3 is 0 Å². The predicted octanol–water partition coefficient (Wildman–Crippen LogP) is 3.99. The van der Waals surface area contributed by atoms with Crippen LogP contribution in [-0.2, 0) is 4.74 Å². The second kappa shape index (κ2) is 8.82. The van der Waals surface area contributed by atoms with Crippen LogP contribution in [-0.4, -0.2) is 31.1 Å². The number of carbonyl (C=O) groups excluding carboxylic acids is 1. The number of aryl methyl sites for hydroxylation is 3. The Morgan fingerprint density at radius 2 is 1.89 bits per heavy atom. The number of carbonyl (C=O) groups is 1. The summed E-state index contributed by atoms with van der Waals surface area (Å²) in [6.45, 7) is 7.45. The second-order valence-corrected chi connectivity index (χ2v) is 7.07. The van der Waals surface area contributed by atoms with Crippen LogP contribution >= 0.6 is 0 Å². The number of hydrogen-bond acceptors (Lipinski definition) is 3. The number of hydrogen-bond donors (Lipinski definition) is 2. The minimum Gasteiger partial charge on any atom is -0.376 e. The van der Waals surface area contributed by atoms with Crippen molar-refractivity contribution in [1.82, 2.24) is 5.32 Å². The number of rotatable bonds is 4. The number of nitrogens with one attached hydrogen (secondary N) is 2. The Hall–Kier alpha value is -2.66. The Labute approximate surface area is 160 Å². The van der Waals surface area contributed by atoms with Crippen LogP contribution in [0.5, 0.6) is 0 Å². The van der Waals surface area contributed by atoms with Gasteiger partial charge in [0.1, 0.15) is 0 Å². The Morgan fingerprint density at radius 3 is 2.56 bits per heavy atom. The highest BCUT2D eigenvalue weighted by Crippen LogP contribution is 2.15. The number of anilines is 1. The highest BCUT2D eigenvalue weighted by atomic mass is 16.5. The van der Waals surface area contributed by atoms with Gasteiger partial charge in [-0.15, -0.1) is 0 Å². The van der Waals surface area contributed by atoms with Crippen molar-refractivity contribution in [3.05, 3.63) is 64.7 Å². The van der Waals surface area contributed by atoms with Crippen molar-refractivity contribution >= 4 is 17.6 Å². The zero-order chi connectivity index (χ0) is 19.2. The van der Waals surface area contributed by atoms with E-state index in [0.29, 0.717) is 18.1 Å². The molecule has 1 atom stereocenters. The van der Waals surface area contributed by atoms with E-state index in [1.165, 1.54) is 11.1 Å². The molecule has 27 heavy (non-hydrogen) atoms. The molecular weight excluding hydrogens is 338 g/mol. The van der Waals surface area contributed by atoms with Gasteiger partial charge in [-0.1, -0.05) is 23.8 Å². The van der Waals surface area contributed by atoms with Crippen LogP contribution in [0, 0.1) is 20.8 Å². The van der Waals surface area contributed by atoms with Crippen molar-refractivity contribution in [3.8, 4) is 0 Å². The Balaban J connectivity index is 1.75. The van der Waals surface area contributed by atoms with E-state index in [4.69, 9.17) is 4.74 Å². The average Bonchev–Trinajstić information content (AvgIpc) is 3.17. The van der Waals surface area contributed by atoms with Crippen LogP contribution in [0.4, 0.5) is 5.69 Å². The van der Waals surface area contributed by atoms with Gasteiger partial charge in [-0.05, 0) is 69.0 Å². The van der Waals surface area contributed by atoms with Crippen LogP contribution in [0.3, 0.4) is 0 Å². The summed E-state index contributed by atoms with van der Waals surface area (Å²) in [6, 6.07) is 13.6. The average molecular weight is 365 g/mol. The molecule has 1 amide bonds. The first-order chi connectivity index (χ1) is 13.0. The van der Waals surface area contributed by atoms with E-state index in [0.717, 1.165) is 30.7 Å². The fourth-order valence-electron chi connectivity index (χ4n) is 2.93. The van der Waals surface area contributed by atoms with E-state index in [9.17, 15) is 4.79 Å². The van der Waals surface area contributed by atoms with Gasteiger partial charge in [0.2, 0.25) is 5.96 Å². The van der Waals surface area contributed by atoms with Crippen molar-refractivity contribution in [2.45, 2.75) is 39.7 Å². The zero-order valence-electron chi connectivity index (χ0n) is 16.2. The minimum absolute atomic E-state index is 0.123. The largest absolute Gasteiger partial charge is 0.376 e. The molecule has 0 unspecified atom stereocenters. The van der Waals surface area contributed by atoms with Gasteiger partial charge in [-0.2, -0.15) is 0 Å². The Kier molecular flexibility index (Phi) is 6.24. The van der Waals surface area contributed by atoms with Crippen molar-refractivity contribution in [3.63, 3.8) is 0 Å². The third-order valence-electron chi connectivity index (χ3n) is 4.79. The van der Waals surface area contributed by atoms with Gasteiger partial charge < -0.3 is 10.1 Å². The minimum atomic E-state index is -0.183. The summed E-state index contributed by atoms with van der Waals surface area (Å²) >= 11 is 0. The summed E-state index contributed by atoms with van der Waals surface area (Å²) in [6.07, 6.45) is 2.19. The molecule has 0 radical (unpaired) electrons. The number of nitrogens with zero attached hydrogens (tertiary/aromatic N) is 1. The van der Waals surface area contributed by atoms with E-state index in [1.54, 1.807) is 0 Å². The van der Waals surface area contributed by atoms with E-state index < -0.39 is 0 Å². The molecule has 0 bridgehead atoms. The summed E-state index contributed by atoms with van der Waals surface area (Å²) in [4.78, 5) is 17.2.